The molecule has 2 heterocycles. The van der Waals surface area contributed by atoms with Gasteiger partial charge in [0, 0.05) is 21.6 Å². The van der Waals surface area contributed by atoms with Crippen LogP contribution in [-0.4, -0.2) is 4.98 Å². The molecule has 0 spiro atoms. The highest BCUT2D eigenvalue weighted by atomic mass is 32.2. The van der Waals surface area contributed by atoms with Gasteiger partial charge in [0.25, 0.3) is 0 Å². The van der Waals surface area contributed by atoms with Crippen molar-refractivity contribution >= 4 is 11.8 Å². The van der Waals surface area contributed by atoms with Crippen LogP contribution in [0, 0.1) is 6.92 Å². The van der Waals surface area contributed by atoms with Crippen LogP contribution in [0.15, 0.2) is 94.9 Å². The van der Waals surface area contributed by atoms with Gasteiger partial charge in [-0.25, -0.2) is 0 Å². The fourth-order valence-corrected chi connectivity index (χ4v) is 4.62. The predicted octanol–water partition coefficient (Wildman–Crippen LogP) is 6.86. The summed E-state index contributed by atoms with van der Waals surface area (Å²) >= 11 is 1.85. The number of fused-ring (bicyclic) bond motifs is 5. The van der Waals surface area contributed by atoms with Crippen LogP contribution >= 0.6 is 11.8 Å². The Bertz CT molecular complexity index is 1130. The summed E-state index contributed by atoms with van der Waals surface area (Å²) < 4.78 is 0. The third kappa shape index (κ3) is 2.54. The monoisotopic (exact) mass is 351 g/mol. The van der Waals surface area contributed by atoms with Crippen molar-refractivity contribution in [2.45, 2.75) is 16.7 Å². The summed E-state index contributed by atoms with van der Waals surface area (Å²) in [5.74, 6) is 0. The molecule has 0 atom stereocenters. The molecule has 0 saturated carbocycles. The van der Waals surface area contributed by atoms with Gasteiger partial charge >= 0.3 is 0 Å². The van der Waals surface area contributed by atoms with Crippen LogP contribution in [0.5, 0.6) is 0 Å². The van der Waals surface area contributed by atoms with Crippen LogP contribution < -0.4 is 0 Å². The molecule has 2 heteroatoms. The van der Waals surface area contributed by atoms with E-state index in [0.717, 1.165) is 11.3 Å². The Kier molecular flexibility index (Phi) is 3.65. The first-order chi connectivity index (χ1) is 12.8. The summed E-state index contributed by atoms with van der Waals surface area (Å²) in [6.45, 7) is 2.11. The van der Waals surface area contributed by atoms with Crippen LogP contribution in [0.4, 0.5) is 0 Å². The SMILES string of the molecule is Cc1ccnc(-c2ccc3c(c2)-c2ccccc2-c2ccccc2S3)c1. The van der Waals surface area contributed by atoms with E-state index >= 15 is 0 Å². The molecule has 1 nitrogen and oxygen atoms in total. The van der Waals surface area contributed by atoms with E-state index in [1.54, 1.807) is 0 Å². The quantitative estimate of drug-likeness (QED) is 0.327. The van der Waals surface area contributed by atoms with Crippen molar-refractivity contribution < 1.29 is 0 Å². The lowest BCUT2D eigenvalue weighted by atomic mass is 9.93. The molecule has 1 aromatic heterocycles. The first kappa shape index (κ1) is 15.4. The Balaban J connectivity index is 1.76. The molecule has 4 aromatic rings. The maximum absolute atomic E-state index is 4.57. The van der Waals surface area contributed by atoms with Crippen LogP contribution in [0.25, 0.3) is 33.5 Å². The molecule has 0 N–H and O–H groups in total. The minimum Gasteiger partial charge on any atom is -0.256 e. The zero-order chi connectivity index (χ0) is 17.5. The van der Waals surface area contributed by atoms with Gasteiger partial charge in [0.15, 0.2) is 0 Å². The first-order valence-electron chi connectivity index (χ1n) is 8.73. The van der Waals surface area contributed by atoms with Crippen molar-refractivity contribution in [3.63, 3.8) is 0 Å². The maximum atomic E-state index is 4.57. The van der Waals surface area contributed by atoms with Crippen LogP contribution in [0.1, 0.15) is 5.56 Å². The summed E-state index contributed by atoms with van der Waals surface area (Å²) in [6, 6.07) is 28.2. The number of pyridine rings is 1. The highest BCUT2D eigenvalue weighted by Gasteiger charge is 2.19. The molecule has 1 aliphatic rings. The molecule has 0 fully saturated rings. The number of hydrogen-bond donors (Lipinski definition) is 0. The van der Waals surface area contributed by atoms with Crippen LogP contribution in [0.3, 0.4) is 0 Å². The normalized spacial score (nSPS) is 11.9. The van der Waals surface area contributed by atoms with Crippen molar-refractivity contribution in [1.82, 2.24) is 4.98 Å². The Morgan fingerprint density at radius 1 is 0.654 bits per heavy atom. The van der Waals surface area contributed by atoms with Crippen molar-refractivity contribution in [2.75, 3.05) is 0 Å². The van der Waals surface area contributed by atoms with Gasteiger partial charge in [-0.1, -0.05) is 60.3 Å². The second-order valence-corrected chi connectivity index (χ2v) is 7.66. The number of aryl methyl sites for hydroxylation is 1. The summed E-state index contributed by atoms with van der Waals surface area (Å²) in [5.41, 5.74) is 8.58. The van der Waals surface area contributed by atoms with Gasteiger partial charge in [0.1, 0.15) is 0 Å². The molecule has 1 aliphatic heterocycles. The van der Waals surface area contributed by atoms with E-state index in [4.69, 9.17) is 0 Å². The number of aromatic nitrogens is 1. The molecule has 3 aromatic carbocycles. The minimum atomic E-state index is 1.03. The van der Waals surface area contributed by atoms with Gasteiger partial charge in [-0.3, -0.25) is 4.98 Å². The Morgan fingerprint density at radius 2 is 1.35 bits per heavy atom. The van der Waals surface area contributed by atoms with E-state index in [1.807, 2.05) is 24.0 Å². The number of benzene rings is 3. The average Bonchev–Trinajstić information content (AvgIpc) is 2.82. The molecule has 0 aliphatic carbocycles. The molecular weight excluding hydrogens is 334 g/mol. The molecule has 124 valence electrons. The highest BCUT2D eigenvalue weighted by Crippen LogP contribution is 2.48. The van der Waals surface area contributed by atoms with E-state index in [1.165, 1.54) is 37.6 Å². The molecular formula is C24H17NS. The number of rotatable bonds is 1. The predicted molar refractivity (Wildman–Crippen MR) is 109 cm³/mol. The van der Waals surface area contributed by atoms with E-state index in [0.29, 0.717) is 0 Å². The molecule has 26 heavy (non-hydrogen) atoms. The summed E-state index contributed by atoms with van der Waals surface area (Å²) in [4.78, 5) is 7.17. The Morgan fingerprint density at radius 3 is 2.15 bits per heavy atom. The van der Waals surface area contributed by atoms with Crippen molar-refractivity contribution in [3.8, 4) is 33.5 Å². The van der Waals surface area contributed by atoms with E-state index in [2.05, 4.69) is 84.7 Å². The zero-order valence-electron chi connectivity index (χ0n) is 14.4. The summed E-state index contributed by atoms with van der Waals surface area (Å²) in [6.07, 6.45) is 1.88. The van der Waals surface area contributed by atoms with Crippen molar-refractivity contribution in [2.24, 2.45) is 0 Å². The molecule has 5 rings (SSSR count). The lowest BCUT2D eigenvalue weighted by Gasteiger charge is -2.11. The second-order valence-electron chi connectivity index (χ2n) is 6.57. The van der Waals surface area contributed by atoms with Crippen molar-refractivity contribution in [3.05, 3.63) is 90.6 Å². The smallest absolute Gasteiger partial charge is 0.0704 e. The third-order valence-electron chi connectivity index (χ3n) is 4.81. The van der Waals surface area contributed by atoms with Gasteiger partial charge in [-0.05, 0) is 65.1 Å². The third-order valence-corrected chi connectivity index (χ3v) is 5.96. The standard InChI is InChI=1S/C24H17NS/c1-16-12-13-25-22(14-16)17-10-11-24-21(15-17)19-7-3-2-6-18(19)20-8-4-5-9-23(20)26-24/h2-15H,1H3. The fourth-order valence-electron chi connectivity index (χ4n) is 3.53. The van der Waals surface area contributed by atoms with E-state index in [-0.39, 0.29) is 0 Å². The Hall–Kier alpha value is -2.84. The lowest BCUT2D eigenvalue weighted by molar-refractivity contribution is 1.28. The van der Waals surface area contributed by atoms with E-state index < -0.39 is 0 Å². The van der Waals surface area contributed by atoms with Gasteiger partial charge in [-0.2, -0.15) is 0 Å². The van der Waals surface area contributed by atoms with Gasteiger partial charge in [0.05, 0.1) is 5.69 Å². The van der Waals surface area contributed by atoms with E-state index in [9.17, 15) is 0 Å². The molecule has 0 bridgehead atoms. The summed E-state index contributed by atoms with van der Waals surface area (Å²) in [5, 5.41) is 0. The minimum absolute atomic E-state index is 1.03. The van der Waals surface area contributed by atoms with Crippen molar-refractivity contribution in [1.29, 1.82) is 0 Å². The van der Waals surface area contributed by atoms with Gasteiger partial charge in [0.2, 0.25) is 0 Å². The molecule has 0 saturated heterocycles. The topological polar surface area (TPSA) is 12.9 Å². The summed E-state index contributed by atoms with van der Waals surface area (Å²) in [7, 11) is 0. The van der Waals surface area contributed by atoms with Crippen LogP contribution in [-0.2, 0) is 0 Å². The zero-order valence-corrected chi connectivity index (χ0v) is 15.3. The fraction of sp³-hybridized carbons (Fsp3) is 0.0417. The molecule has 0 radical (unpaired) electrons. The number of hydrogen-bond acceptors (Lipinski definition) is 2. The first-order valence-corrected chi connectivity index (χ1v) is 9.55. The lowest BCUT2D eigenvalue weighted by Crippen LogP contribution is -1.88. The van der Waals surface area contributed by atoms with Gasteiger partial charge < -0.3 is 0 Å². The number of nitrogens with zero attached hydrogens (tertiary/aromatic N) is 1. The second kappa shape index (κ2) is 6.15. The maximum Gasteiger partial charge on any atom is 0.0704 e. The highest BCUT2D eigenvalue weighted by molar-refractivity contribution is 7.99. The van der Waals surface area contributed by atoms with Crippen LogP contribution in [0.2, 0.25) is 0 Å². The van der Waals surface area contributed by atoms with Gasteiger partial charge in [-0.15, -0.1) is 0 Å². The molecule has 0 amide bonds. The molecule has 0 unspecified atom stereocenters. The largest absolute Gasteiger partial charge is 0.256 e. The average molecular weight is 351 g/mol. The Labute approximate surface area is 157 Å².